The number of halogens is 1. The van der Waals surface area contributed by atoms with Gasteiger partial charge >= 0.3 is 6.09 Å². The Morgan fingerprint density at radius 3 is 2.89 bits per heavy atom. The minimum Gasteiger partial charge on any atom is -0.450 e. The molecule has 0 spiro atoms. The molecule has 0 saturated heterocycles. The number of hydrogen-bond acceptors (Lipinski definition) is 5. The van der Waals surface area contributed by atoms with Crippen LogP contribution in [0, 0.1) is 17.7 Å². The Bertz CT molecular complexity index is 1210. The van der Waals surface area contributed by atoms with Crippen molar-refractivity contribution in [3.05, 3.63) is 84.0 Å². The summed E-state index contributed by atoms with van der Waals surface area (Å²) in [7, 11) is 0. The maximum Gasteiger partial charge on any atom is 0.407 e. The quantitative estimate of drug-likeness (QED) is 0.526. The predicted molar refractivity (Wildman–Crippen MR) is 132 cm³/mol. The number of ether oxygens (including phenoxy) is 1. The number of carbonyl (C=O) groups is 1. The van der Waals surface area contributed by atoms with Crippen LogP contribution in [0.5, 0.6) is 0 Å². The third kappa shape index (κ3) is 5.24. The summed E-state index contributed by atoms with van der Waals surface area (Å²) in [5.74, 6) is 0.817. The number of pyridine rings is 1. The maximum atomic E-state index is 13.6. The number of nitrogens with zero attached hydrogens (tertiary/aromatic N) is 3. The molecule has 2 heterocycles. The van der Waals surface area contributed by atoms with E-state index in [1.807, 2.05) is 31.3 Å². The number of rotatable bonds is 5. The minimum absolute atomic E-state index is 0.125. The summed E-state index contributed by atoms with van der Waals surface area (Å²) >= 11 is 0. The van der Waals surface area contributed by atoms with Crippen LogP contribution in [0.2, 0.25) is 0 Å². The molecule has 0 bridgehead atoms. The molecule has 2 aromatic heterocycles. The molecule has 7 heteroatoms. The van der Waals surface area contributed by atoms with E-state index in [9.17, 15) is 9.18 Å². The van der Waals surface area contributed by atoms with E-state index in [0.29, 0.717) is 18.4 Å². The van der Waals surface area contributed by atoms with Crippen molar-refractivity contribution < 1.29 is 13.9 Å². The molecular formula is C28H29FN4O2. The van der Waals surface area contributed by atoms with E-state index in [-0.39, 0.29) is 23.9 Å². The number of fused-ring (bicyclic) bond motifs is 2. The average molecular weight is 473 g/mol. The average Bonchev–Trinajstić information content (AvgIpc) is 2.87. The number of nitrogens with one attached hydrogen (secondary N) is 1. The van der Waals surface area contributed by atoms with Gasteiger partial charge in [-0.1, -0.05) is 24.3 Å². The highest BCUT2D eigenvalue weighted by Gasteiger charge is 2.40. The number of allylic oxidation sites excluding steroid dienone is 1. The van der Waals surface area contributed by atoms with Gasteiger partial charge in [-0.2, -0.15) is 0 Å². The first kappa shape index (κ1) is 23.1. The zero-order chi connectivity index (χ0) is 24.2. The Morgan fingerprint density at radius 2 is 2.09 bits per heavy atom. The second kappa shape index (κ2) is 10.3. The zero-order valence-corrected chi connectivity index (χ0v) is 19.7. The van der Waals surface area contributed by atoms with Gasteiger partial charge in [0.25, 0.3) is 0 Å². The van der Waals surface area contributed by atoms with Crippen molar-refractivity contribution in [2.45, 2.75) is 44.6 Å². The van der Waals surface area contributed by atoms with Crippen LogP contribution in [0.4, 0.5) is 9.18 Å². The lowest BCUT2D eigenvalue weighted by Gasteiger charge is -2.43. The Kier molecular flexibility index (Phi) is 6.84. The zero-order valence-electron chi connectivity index (χ0n) is 19.7. The Balaban J connectivity index is 1.34. The highest BCUT2D eigenvalue weighted by Crippen LogP contribution is 2.47. The van der Waals surface area contributed by atoms with Crippen molar-refractivity contribution in [3.8, 4) is 11.1 Å². The van der Waals surface area contributed by atoms with Gasteiger partial charge in [-0.3, -0.25) is 4.98 Å². The van der Waals surface area contributed by atoms with E-state index in [1.54, 1.807) is 18.6 Å². The summed E-state index contributed by atoms with van der Waals surface area (Å²) in [4.78, 5) is 25.4. The molecule has 5 rings (SSSR count). The van der Waals surface area contributed by atoms with Crippen LogP contribution >= 0.6 is 0 Å². The molecule has 2 aliphatic carbocycles. The molecule has 1 saturated carbocycles. The molecule has 180 valence electrons. The van der Waals surface area contributed by atoms with Gasteiger partial charge in [-0.25, -0.2) is 19.2 Å². The van der Waals surface area contributed by atoms with Crippen LogP contribution in [0.3, 0.4) is 0 Å². The fourth-order valence-electron chi connectivity index (χ4n) is 5.55. The highest BCUT2D eigenvalue weighted by molar-refractivity contribution is 5.67. The van der Waals surface area contributed by atoms with Crippen LogP contribution < -0.4 is 5.32 Å². The SMILES string of the molecule is CCOC(=O)N[C@@H]1CC[C@@H]2[C@H](Cc3ncncc3[C@H]2C=Cc2ccc(-c3cccc(F)c3)cn2)C1. The van der Waals surface area contributed by atoms with Gasteiger partial charge in [-0.05, 0) is 79.8 Å². The highest BCUT2D eigenvalue weighted by atomic mass is 19.1. The van der Waals surface area contributed by atoms with Crippen molar-refractivity contribution in [1.82, 2.24) is 20.3 Å². The third-order valence-electron chi connectivity index (χ3n) is 7.16. The van der Waals surface area contributed by atoms with Gasteiger partial charge in [0.15, 0.2) is 0 Å². The predicted octanol–water partition coefficient (Wildman–Crippen LogP) is 5.56. The Labute approximate surface area is 204 Å². The van der Waals surface area contributed by atoms with Crippen molar-refractivity contribution >= 4 is 12.2 Å². The summed E-state index contributed by atoms with van der Waals surface area (Å²) in [5.41, 5.74) is 4.80. The second-order valence-corrected chi connectivity index (χ2v) is 9.29. The van der Waals surface area contributed by atoms with Crippen LogP contribution in [0.25, 0.3) is 17.2 Å². The molecule has 4 atom stereocenters. The number of alkyl carbamates (subject to hydrolysis) is 1. The van der Waals surface area contributed by atoms with Gasteiger partial charge in [0.05, 0.1) is 12.3 Å². The number of amides is 1. The molecule has 0 aliphatic heterocycles. The van der Waals surface area contributed by atoms with E-state index < -0.39 is 0 Å². The largest absolute Gasteiger partial charge is 0.450 e. The second-order valence-electron chi connectivity index (χ2n) is 9.29. The number of benzene rings is 1. The monoisotopic (exact) mass is 472 g/mol. The molecule has 35 heavy (non-hydrogen) atoms. The lowest BCUT2D eigenvalue weighted by molar-refractivity contribution is 0.128. The smallest absolute Gasteiger partial charge is 0.407 e. The first-order valence-electron chi connectivity index (χ1n) is 12.2. The van der Waals surface area contributed by atoms with E-state index in [0.717, 1.165) is 48.2 Å². The van der Waals surface area contributed by atoms with Crippen molar-refractivity contribution in [2.24, 2.45) is 11.8 Å². The van der Waals surface area contributed by atoms with E-state index in [2.05, 4.69) is 32.4 Å². The molecule has 1 aromatic carbocycles. The molecule has 1 fully saturated rings. The molecule has 2 aliphatic rings. The lowest BCUT2D eigenvalue weighted by atomic mass is 9.63. The van der Waals surface area contributed by atoms with E-state index in [1.165, 1.54) is 17.7 Å². The lowest BCUT2D eigenvalue weighted by Crippen LogP contribution is -2.44. The number of hydrogen-bond donors (Lipinski definition) is 1. The van der Waals surface area contributed by atoms with Gasteiger partial charge in [0, 0.05) is 35.6 Å². The van der Waals surface area contributed by atoms with Gasteiger partial charge in [0.1, 0.15) is 12.1 Å². The van der Waals surface area contributed by atoms with E-state index >= 15 is 0 Å². The fraction of sp³-hybridized carbons (Fsp3) is 0.357. The molecule has 6 nitrogen and oxygen atoms in total. The topological polar surface area (TPSA) is 77.0 Å². The van der Waals surface area contributed by atoms with Gasteiger partial charge < -0.3 is 10.1 Å². The molecule has 1 N–H and O–H groups in total. The van der Waals surface area contributed by atoms with Crippen LogP contribution in [0.15, 0.2) is 61.2 Å². The van der Waals surface area contributed by atoms with Crippen molar-refractivity contribution in [1.29, 1.82) is 0 Å². The standard InChI is InChI=1S/C28H29FN4O2/c1-2-35-28(34)33-23-9-10-24-20(13-23)14-27-26(16-30-17-32-27)25(24)11-8-22-7-6-19(15-31-22)18-4-3-5-21(29)12-18/h3-8,11-12,15-17,20,23-25H,2,9-10,13-14H2,1H3,(H,33,34)/t20-,23+,24+,25-/m0/s1. The maximum absolute atomic E-state index is 13.6. The number of aromatic nitrogens is 3. The number of carbonyl (C=O) groups excluding carboxylic acids is 1. The van der Waals surface area contributed by atoms with Crippen molar-refractivity contribution in [2.75, 3.05) is 6.61 Å². The molecule has 0 unspecified atom stereocenters. The van der Waals surface area contributed by atoms with Gasteiger partial charge in [0.2, 0.25) is 0 Å². The third-order valence-corrected chi connectivity index (χ3v) is 7.16. The van der Waals surface area contributed by atoms with Gasteiger partial charge in [-0.15, -0.1) is 0 Å². The summed E-state index contributed by atoms with van der Waals surface area (Å²) < 4.78 is 18.6. The molecule has 0 radical (unpaired) electrons. The first-order chi connectivity index (χ1) is 17.1. The Morgan fingerprint density at radius 1 is 1.17 bits per heavy atom. The fourth-order valence-corrected chi connectivity index (χ4v) is 5.55. The van der Waals surface area contributed by atoms with Crippen LogP contribution in [-0.2, 0) is 11.2 Å². The minimum atomic E-state index is -0.335. The van der Waals surface area contributed by atoms with E-state index in [4.69, 9.17) is 4.74 Å². The summed E-state index contributed by atoms with van der Waals surface area (Å²) in [6, 6.07) is 10.6. The molecule has 1 amide bonds. The summed E-state index contributed by atoms with van der Waals surface area (Å²) in [6.07, 6.45) is 13.0. The van der Waals surface area contributed by atoms with Crippen LogP contribution in [-0.4, -0.2) is 33.7 Å². The molecule has 3 aromatic rings. The Hall–Kier alpha value is -3.61. The molecular weight excluding hydrogens is 443 g/mol. The normalized spacial score (nSPS) is 23.4. The summed E-state index contributed by atoms with van der Waals surface area (Å²) in [6.45, 7) is 2.19. The summed E-state index contributed by atoms with van der Waals surface area (Å²) in [5, 5.41) is 3.03. The van der Waals surface area contributed by atoms with Crippen molar-refractivity contribution in [3.63, 3.8) is 0 Å². The van der Waals surface area contributed by atoms with Crippen LogP contribution in [0.1, 0.15) is 49.1 Å². The first-order valence-corrected chi connectivity index (χ1v) is 12.2.